The van der Waals surface area contributed by atoms with Crippen molar-refractivity contribution in [3.63, 3.8) is 0 Å². The zero-order valence-electron chi connectivity index (χ0n) is 13.1. The van der Waals surface area contributed by atoms with Gasteiger partial charge in [-0.3, -0.25) is 0 Å². The van der Waals surface area contributed by atoms with Crippen LogP contribution in [0.15, 0.2) is 18.2 Å². The van der Waals surface area contributed by atoms with Crippen molar-refractivity contribution in [2.45, 2.75) is 45.6 Å². The average molecular weight is 280 g/mol. The Labute approximate surface area is 120 Å². The Morgan fingerprint density at radius 1 is 1.25 bits per heavy atom. The third-order valence-corrected chi connectivity index (χ3v) is 3.17. The van der Waals surface area contributed by atoms with Gasteiger partial charge in [0.1, 0.15) is 12.4 Å². The van der Waals surface area contributed by atoms with Gasteiger partial charge >= 0.3 is 5.97 Å². The zero-order chi connectivity index (χ0) is 15.6. The minimum Gasteiger partial charge on any atom is -0.490 e. The van der Waals surface area contributed by atoms with E-state index in [9.17, 15) is 9.90 Å². The first-order valence-electron chi connectivity index (χ1n) is 6.62. The SMILES string of the molecule is COC(=O)C(C)(O)COc1ccc(C(C)(C)C)cc1C. The maximum Gasteiger partial charge on any atom is 0.341 e. The summed E-state index contributed by atoms with van der Waals surface area (Å²) in [7, 11) is 1.24. The number of carbonyl (C=O) groups is 1. The molecule has 0 aliphatic rings. The molecule has 0 bridgehead atoms. The van der Waals surface area contributed by atoms with E-state index in [-0.39, 0.29) is 12.0 Å². The number of rotatable bonds is 4. The molecule has 1 atom stereocenters. The molecule has 1 aromatic rings. The van der Waals surface area contributed by atoms with Gasteiger partial charge in [0.15, 0.2) is 5.60 Å². The number of hydrogen-bond donors (Lipinski definition) is 1. The maximum atomic E-state index is 11.4. The molecule has 1 unspecified atom stereocenters. The Bertz CT molecular complexity index is 484. The van der Waals surface area contributed by atoms with Crippen molar-refractivity contribution >= 4 is 5.97 Å². The predicted molar refractivity (Wildman–Crippen MR) is 78.0 cm³/mol. The van der Waals surface area contributed by atoms with Gasteiger partial charge in [0, 0.05) is 0 Å². The van der Waals surface area contributed by atoms with Gasteiger partial charge in [-0.05, 0) is 36.5 Å². The van der Waals surface area contributed by atoms with Crippen LogP contribution in [-0.4, -0.2) is 30.4 Å². The molecule has 0 spiro atoms. The van der Waals surface area contributed by atoms with E-state index in [1.807, 2.05) is 19.1 Å². The van der Waals surface area contributed by atoms with Gasteiger partial charge in [-0.1, -0.05) is 32.9 Å². The van der Waals surface area contributed by atoms with E-state index in [0.717, 1.165) is 5.56 Å². The highest BCUT2D eigenvalue weighted by atomic mass is 16.6. The number of aliphatic hydroxyl groups is 1. The summed E-state index contributed by atoms with van der Waals surface area (Å²) in [6.07, 6.45) is 0. The maximum absolute atomic E-state index is 11.4. The Hall–Kier alpha value is -1.55. The fraction of sp³-hybridized carbons (Fsp3) is 0.562. The van der Waals surface area contributed by atoms with Crippen LogP contribution >= 0.6 is 0 Å². The fourth-order valence-electron chi connectivity index (χ4n) is 1.77. The van der Waals surface area contributed by atoms with Crippen molar-refractivity contribution in [3.05, 3.63) is 29.3 Å². The largest absolute Gasteiger partial charge is 0.490 e. The molecule has 0 aromatic heterocycles. The molecule has 0 saturated carbocycles. The highest BCUT2D eigenvalue weighted by Crippen LogP contribution is 2.28. The normalized spacial score (nSPS) is 14.6. The summed E-state index contributed by atoms with van der Waals surface area (Å²) >= 11 is 0. The second-order valence-corrected chi connectivity index (χ2v) is 6.28. The summed E-state index contributed by atoms with van der Waals surface area (Å²) in [5.41, 5.74) is 0.602. The molecule has 0 heterocycles. The molecule has 0 aliphatic heterocycles. The van der Waals surface area contributed by atoms with Crippen molar-refractivity contribution < 1.29 is 19.4 Å². The number of aryl methyl sites for hydroxylation is 1. The molecular weight excluding hydrogens is 256 g/mol. The summed E-state index contributed by atoms with van der Waals surface area (Å²) in [5.74, 6) is -0.0522. The molecule has 0 aliphatic carbocycles. The number of methoxy groups -OCH3 is 1. The van der Waals surface area contributed by atoms with Gasteiger partial charge < -0.3 is 14.6 Å². The van der Waals surface area contributed by atoms with E-state index in [1.54, 1.807) is 0 Å². The first kappa shape index (κ1) is 16.5. The summed E-state index contributed by atoms with van der Waals surface area (Å²) in [6, 6.07) is 5.92. The lowest BCUT2D eigenvalue weighted by atomic mass is 9.86. The monoisotopic (exact) mass is 280 g/mol. The molecule has 0 fully saturated rings. The minimum atomic E-state index is -1.65. The number of hydrogen-bond acceptors (Lipinski definition) is 4. The molecule has 1 aromatic carbocycles. The highest BCUT2D eigenvalue weighted by molar-refractivity contribution is 5.78. The molecule has 20 heavy (non-hydrogen) atoms. The van der Waals surface area contributed by atoms with Crippen LogP contribution in [-0.2, 0) is 14.9 Å². The Balaban J connectivity index is 2.83. The standard InChI is InChI=1S/C16H24O4/c1-11-9-12(15(2,3)4)7-8-13(11)20-10-16(5,18)14(17)19-6/h7-9,18H,10H2,1-6H3. The first-order valence-corrected chi connectivity index (χ1v) is 6.62. The van der Waals surface area contributed by atoms with Crippen molar-refractivity contribution in [2.75, 3.05) is 13.7 Å². The van der Waals surface area contributed by atoms with E-state index < -0.39 is 11.6 Å². The molecule has 4 heteroatoms. The summed E-state index contributed by atoms with van der Waals surface area (Å²) in [4.78, 5) is 11.4. The van der Waals surface area contributed by atoms with Crippen molar-refractivity contribution in [1.29, 1.82) is 0 Å². The van der Waals surface area contributed by atoms with Crippen molar-refractivity contribution in [1.82, 2.24) is 0 Å². The predicted octanol–water partition coefficient (Wildman–Crippen LogP) is 2.60. The van der Waals surface area contributed by atoms with Gasteiger partial charge in [0.05, 0.1) is 7.11 Å². The van der Waals surface area contributed by atoms with E-state index in [0.29, 0.717) is 5.75 Å². The van der Waals surface area contributed by atoms with Gasteiger partial charge in [0.25, 0.3) is 0 Å². The topological polar surface area (TPSA) is 55.8 Å². The second kappa shape index (κ2) is 5.83. The molecule has 4 nitrogen and oxygen atoms in total. The second-order valence-electron chi connectivity index (χ2n) is 6.28. The molecule has 0 amide bonds. The number of ether oxygens (including phenoxy) is 2. The number of benzene rings is 1. The minimum absolute atomic E-state index is 0.0702. The van der Waals surface area contributed by atoms with Gasteiger partial charge in [-0.25, -0.2) is 4.79 Å². The summed E-state index contributed by atoms with van der Waals surface area (Å²) < 4.78 is 10.1. The van der Waals surface area contributed by atoms with Gasteiger partial charge in [-0.15, -0.1) is 0 Å². The highest BCUT2D eigenvalue weighted by Gasteiger charge is 2.32. The Kier molecular flexibility index (Phi) is 4.81. The smallest absolute Gasteiger partial charge is 0.341 e. The quantitative estimate of drug-likeness (QED) is 0.861. The van der Waals surface area contributed by atoms with E-state index in [2.05, 4.69) is 31.6 Å². The fourth-order valence-corrected chi connectivity index (χ4v) is 1.77. The van der Waals surface area contributed by atoms with E-state index in [4.69, 9.17) is 4.74 Å². The lowest BCUT2D eigenvalue weighted by molar-refractivity contribution is -0.163. The zero-order valence-corrected chi connectivity index (χ0v) is 13.1. The Morgan fingerprint density at radius 2 is 1.85 bits per heavy atom. The third kappa shape index (κ3) is 3.97. The molecular formula is C16H24O4. The van der Waals surface area contributed by atoms with Crippen molar-refractivity contribution in [2.24, 2.45) is 0 Å². The van der Waals surface area contributed by atoms with E-state index >= 15 is 0 Å². The first-order chi connectivity index (χ1) is 9.08. The molecule has 0 radical (unpaired) electrons. The van der Waals surface area contributed by atoms with Crippen LogP contribution in [0.3, 0.4) is 0 Å². The van der Waals surface area contributed by atoms with Crippen LogP contribution in [0.25, 0.3) is 0 Å². The van der Waals surface area contributed by atoms with Crippen LogP contribution in [0.4, 0.5) is 0 Å². The molecule has 0 saturated heterocycles. The van der Waals surface area contributed by atoms with E-state index in [1.165, 1.54) is 19.6 Å². The average Bonchev–Trinajstić information content (AvgIpc) is 2.35. The summed E-state index contributed by atoms with van der Waals surface area (Å²) in [5, 5.41) is 9.92. The van der Waals surface area contributed by atoms with Crippen LogP contribution in [0.5, 0.6) is 5.75 Å². The summed E-state index contributed by atoms with van der Waals surface area (Å²) in [6.45, 7) is 9.60. The molecule has 112 valence electrons. The third-order valence-electron chi connectivity index (χ3n) is 3.17. The van der Waals surface area contributed by atoms with Gasteiger partial charge in [0.2, 0.25) is 0 Å². The number of carbonyl (C=O) groups excluding carboxylic acids is 1. The lowest BCUT2D eigenvalue weighted by Crippen LogP contribution is -2.42. The lowest BCUT2D eigenvalue weighted by Gasteiger charge is -2.23. The Morgan fingerprint density at radius 3 is 2.30 bits per heavy atom. The van der Waals surface area contributed by atoms with Crippen LogP contribution in [0.1, 0.15) is 38.8 Å². The van der Waals surface area contributed by atoms with Gasteiger partial charge in [-0.2, -0.15) is 0 Å². The van der Waals surface area contributed by atoms with Crippen molar-refractivity contribution in [3.8, 4) is 5.75 Å². The molecule has 1 N–H and O–H groups in total. The number of esters is 1. The molecule has 1 rings (SSSR count). The van der Waals surface area contributed by atoms with Crippen LogP contribution in [0.2, 0.25) is 0 Å². The van der Waals surface area contributed by atoms with Crippen LogP contribution in [0, 0.1) is 6.92 Å². The van der Waals surface area contributed by atoms with Crippen LogP contribution < -0.4 is 4.74 Å².